The highest BCUT2D eigenvalue weighted by molar-refractivity contribution is 6.34. The maximum atomic E-state index is 13.3. The molecule has 0 saturated carbocycles. The number of anilines is 1. The zero-order chi connectivity index (χ0) is 10.4. The normalized spacial score (nSPS) is 28.5. The van der Waals surface area contributed by atoms with Crippen LogP contribution in [0.5, 0.6) is 5.75 Å². The fourth-order valence-corrected chi connectivity index (χ4v) is 2.89. The van der Waals surface area contributed by atoms with Crippen LogP contribution in [0.4, 0.5) is 10.2 Å². The molecule has 80 valence electrons. The Balaban J connectivity index is 2.05. The second-order valence-corrected chi connectivity index (χ2v) is 5.31. The summed E-state index contributed by atoms with van der Waals surface area (Å²) in [6.07, 6.45) is 1.63. The first-order valence-corrected chi connectivity index (χ1v) is 6.25. The molecule has 2 aliphatic heterocycles. The molecule has 1 aromatic heterocycles. The van der Waals surface area contributed by atoms with Crippen molar-refractivity contribution in [2.24, 2.45) is 0 Å². The topological polar surface area (TPSA) is 25.4 Å². The maximum Gasteiger partial charge on any atom is 0.171 e. The summed E-state index contributed by atoms with van der Waals surface area (Å²) in [4.78, 5) is 6.37. The van der Waals surface area contributed by atoms with Gasteiger partial charge in [-0.1, -0.05) is 0 Å². The van der Waals surface area contributed by atoms with Crippen LogP contribution in [0.1, 0.15) is 6.42 Å². The molecule has 1 fully saturated rings. The van der Waals surface area contributed by atoms with Crippen LogP contribution >= 0.6 is 0 Å². The van der Waals surface area contributed by atoms with Crippen LogP contribution in [0.2, 0.25) is 0 Å². The van der Waals surface area contributed by atoms with Gasteiger partial charge in [0.1, 0.15) is 12.8 Å². The van der Waals surface area contributed by atoms with Crippen LogP contribution in [0.15, 0.2) is 12.3 Å². The first-order chi connectivity index (χ1) is 7.25. The van der Waals surface area contributed by atoms with Crippen LogP contribution in [0.3, 0.4) is 0 Å². The summed E-state index contributed by atoms with van der Waals surface area (Å²) in [5, 5.41) is 1.21. The highest BCUT2D eigenvalue weighted by Crippen LogP contribution is 2.35. The molecule has 0 radical (unpaired) electrons. The van der Waals surface area contributed by atoms with Gasteiger partial charge in [0.05, 0.1) is 12.6 Å². The molecule has 15 heavy (non-hydrogen) atoms. The van der Waals surface area contributed by atoms with Crippen LogP contribution in [0, 0.1) is 0 Å². The summed E-state index contributed by atoms with van der Waals surface area (Å²) in [7, 11) is 0.939. The summed E-state index contributed by atoms with van der Waals surface area (Å²) in [6, 6.07) is 2.16. The largest absolute Gasteiger partial charge is 0.488 e. The molecule has 0 bridgehead atoms. The van der Waals surface area contributed by atoms with E-state index in [-0.39, 0.29) is 6.04 Å². The Morgan fingerprint density at radius 2 is 2.47 bits per heavy atom. The minimum absolute atomic E-state index is 0.184. The number of halogens is 1. The van der Waals surface area contributed by atoms with Crippen LogP contribution in [0.25, 0.3) is 0 Å². The SMILES string of the molecule is F[C@@H]1CC2COc3c([SiH3])ccnc3N2C1. The summed E-state index contributed by atoms with van der Waals surface area (Å²) in [6.45, 7) is 1.08. The monoisotopic (exact) mass is 224 g/mol. The van der Waals surface area contributed by atoms with Crippen LogP contribution in [-0.4, -0.2) is 40.6 Å². The van der Waals surface area contributed by atoms with Crippen molar-refractivity contribution in [1.82, 2.24) is 4.98 Å². The van der Waals surface area contributed by atoms with E-state index in [1.54, 1.807) is 6.20 Å². The molecule has 3 rings (SSSR count). The third-order valence-electron chi connectivity index (χ3n) is 3.14. The van der Waals surface area contributed by atoms with Crippen molar-refractivity contribution in [3.05, 3.63) is 12.3 Å². The smallest absolute Gasteiger partial charge is 0.171 e. The summed E-state index contributed by atoms with van der Waals surface area (Å²) >= 11 is 0. The molecule has 0 spiro atoms. The fourth-order valence-electron chi connectivity index (χ4n) is 2.37. The van der Waals surface area contributed by atoms with E-state index in [1.165, 1.54) is 5.19 Å². The Kier molecular flexibility index (Phi) is 1.95. The Labute approximate surface area is 90.7 Å². The van der Waals surface area contributed by atoms with Gasteiger partial charge in [-0.15, -0.1) is 0 Å². The lowest BCUT2D eigenvalue weighted by molar-refractivity contribution is 0.263. The van der Waals surface area contributed by atoms with E-state index < -0.39 is 6.17 Å². The van der Waals surface area contributed by atoms with E-state index >= 15 is 0 Å². The van der Waals surface area contributed by atoms with Gasteiger partial charge in [-0.25, -0.2) is 9.37 Å². The van der Waals surface area contributed by atoms with Gasteiger partial charge in [-0.05, 0) is 11.3 Å². The van der Waals surface area contributed by atoms with Crippen molar-refractivity contribution in [3.63, 3.8) is 0 Å². The van der Waals surface area contributed by atoms with Gasteiger partial charge >= 0.3 is 0 Å². The van der Waals surface area contributed by atoms with Gasteiger partial charge in [0.25, 0.3) is 0 Å². The second-order valence-electron chi connectivity index (χ2n) is 4.23. The van der Waals surface area contributed by atoms with Crippen LogP contribution < -0.4 is 14.8 Å². The van der Waals surface area contributed by atoms with Gasteiger partial charge in [0, 0.05) is 22.9 Å². The molecule has 1 saturated heterocycles. The van der Waals surface area contributed by atoms with E-state index in [0.717, 1.165) is 21.8 Å². The highest BCUT2D eigenvalue weighted by atomic mass is 28.1. The minimum Gasteiger partial charge on any atom is -0.488 e. The summed E-state index contributed by atoms with van der Waals surface area (Å²) < 4.78 is 19.0. The molecule has 0 aromatic carbocycles. The number of rotatable bonds is 0. The molecule has 0 amide bonds. The second kappa shape index (κ2) is 3.20. The molecule has 1 aromatic rings. The van der Waals surface area contributed by atoms with Gasteiger partial charge < -0.3 is 9.64 Å². The summed E-state index contributed by atoms with van der Waals surface area (Å²) in [5.41, 5.74) is 0. The number of ether oxygens (including phenoxy) is 1. The Bertz CT molecular complexity index is 401. The van der Waals surface area contributed by atoms with E-state index in [2.05, 4.69) is 9.88 Å². The molecular weight excluding hydrogens is 211 g/mol. The van der Waals surface area contributed by atoms with E-state index in [4.69, 9.17) is 4.74 Å². The first-order valence-electron chi connectivity index (χ1n) is 5.25. The van der Waals surface area contributed by atoms with Gasteiger partial charge in [0.2, 0.25) is 0 Å². The molecule has 0 aliphatic carbocycles. The standard InChI is InChI=1S/C10H13FN2OSi/c11-6-3-7-5-14-9-8(15)1-2-12-10(9)13(7)4-6/h1-2,6-7H,3-5H2,15H3/t6-,7?/m1/s1. The molecule has 3 nitrogen and oxygen atoms in total. The van der Waals surface area contributed by atoms with Gasteiger partial charge in [0.15, 0.2) is 11.6 Å². The zero-order valence-corrected chi connectivity index (χ0v) is 10.6. The number of hydrogen-bond donors (Lipinski definition) is 0. The van der Waals surface area contributed by atoms with Gasteiger partial charge in [-0.2, -0.15) is 0 Å². The predicted octanol–water partition coefficient (Wildman–Crippen LogP) is -0.619. The average molecular weight is 224 g/mol. The van der Waals surface area contributed by atoms with Crippen molar-refractivity contribution in [2.45, 2.75) is 18.6 Å². The van der Waals surface area contributed by atoms with Crippen molar-refractivity contribution < 1.29 is 9.13 Å². The number of pyridine rings is 1. The molecular formula is C10H13FN2OSi. The van der Waals surface area contributed by atoms with E-state index in [1.807, 2.05) is 6.07 Å². The number of fused-ring (bicyclic) bond motifs is 3. The first kappa shape index (κ1) is 9.15. The number of hydrogen-bond acceptors (Lipinski definition) is 3. The zero-order valence-electron chi connectivity index (χ0n) is 8.61. The minimum atomic E-state index is -0.732. The Morgan fingerprint density at radius 3 is 3.33 bits per heavy atom. The Morgan fingerprint density at radius 1 is 1.60 bits per heavy atom. The summed E-state index contributed by atoms with van der Waals surface area (Å²) in [5.74, 6) is 1.73. The van der Waals surface area contributed by atoms with Gasteiger partial charge in [-0.3, -0.25) is 0 Å². The van der Waals surface area contributed by atoms with Crippen molar-refractivity contribution in [1.29, 1.82) is 0 Å². The lowest BCUT2D eigenvalue weighted by Crippen LogP contribution is -2.40. The molecule has 2 atom stereocenters. The third-order valence-corrected chi connectivity index (χ3v) is 3.93. The molecule has 0 N–H and O–H groups in total. The van der Waals surface area contributed by atoms with Crippen molar-refractivity contribution >= 4 is 21.2 Å². The molecule has 1 unspecified atom stereocenters. The Hall–Kier alpha value is -1.10. The lowest BCUT2D eigenvalue weighted by Gasteiger charge is -2.32. The molecule has 5 heteroatoms. The number of aromatic nitrogens is 1. The third kappa shape index (κ3) is 1.33. The van der Waals surface area contributed by atoms with Crippen molar-refractivity contribution in [2.75, 3.05) is 18.1 Å². The maximum absolute atomic E-state index is 13.3. The average Bonchev–Trinajstić information content (AvgIpc) is 2.59. The molecule has 3 heterocycles. The van der Waals surface area contributed by atoms with Crippen LogP contribution in [-0.2, 0) is 0 Å². The number of alkyl halides is 1. The lowest BCUT2D eigenvalue weighted by atomic mass is 10.2. The highest BCUT2D eigenvalue weighted by Gasteiger charge is 2.38. The van der Waals surface area contributed by atoms with E-state index in [9.17, 15) is 4.39 Å². The molecule has 2 aliphatic rings. The van der Waals surface area contributed by atoms with E-state index in [0.29, 0.717) is 19.6 Å². The fraction of sp³-hybridized carbons (Fsp3) is 0.500. The quantitative estimate of drug-likeness (QED) is 0.549. The predicted molar refractivity (Wildman–Crippen MR) is 60.0 cm³/mol. The van der Waals surface area contributed by atoms with Crippen molar-refractivity contribution in [3.8, 4) is 5.75 Å². The number of nitrogens with zero attached hydrogens (tertiary/aromatic N) is 2.